The van der Waals surface area contributed by atoms with Gasteiger partial charge in [-0.1, -0.05) is 45.4 Å². The van der Waals surface area contributed by atoms with Crippen LogP contribution in [-0.2, 0) is 14.3 Å². The predicted octanol–water partition coefficient (Wildman–Crippen LogP) is 3.99. The molecule has 0 amide bonds. The number of ether oxygens (including phenoxy) is 2. The first-order valence-electron chi connectivity index (χ1n) is 9.47. The Kier molecular flexibility index (Phi) is 4.89. The fourth-order valence-corrected chi connectivity index (χ4v) is 5.97. The van der Waals surface area contributed by atoms with E-state index in [2.05, 4.69) is 27.4 Å². The van der Waals surface area contributed by atoms with E-state index in [1.165, 1.54) is 6.42 Å². The average molecular weight is 348 g/mol. The van der Waals surface area contributed by atoms with E-state index >= 15 is 0 Å². The summed E-state index contributed by atoms with van der Waals surface area (Å²) in [5.41, 5.74) is 1.99. The summed E-state index contributed by atoms with van der Waals surface area (Å²) in [7, 11) is 1.56. The molecule has 3 aliphatic rings. The Balaban J connectivity index is 1.85. The van der Waals surface area contributed by atoms with Crippen LogP contribution in [0.3, 0.4) is 0 Å². The van der Waals surface area contributed by atoms with Gasteiger partial charge in [0, 0.05) is 19.1 Å². The molecule has 1 heterocycles. The van der Waals surface area contributed by atoms with Gasteiger partial charge in [0.15, 0.2) is 0 Å². The van der Waals surface area contributed by atoms with Gasteiger partial charge in [0.05, 0.1) is 6.10 Å². The number of fused-ring (bicyclic) bond motifs is 1. The minimum absolute atomic E-state index is 0.0245. The number of carbonyl (C=O) groups is 1. The van der Waals surface area contributed by atoms with Gasteiger partial charge in [-0.05, 0) is 48.3 Å². The summed E-state index contributed by atoms with van der Waals surface area (Å²) >= 11 is 0. The van der Waals surface area contributed by atoms with Crippen LogP contribution in [0.15, 0.2) is 23.8 Å². The van der Waals surface area contributed by atoms with E-state index in [0.29, 0.717) is 24.3 Å². The largest absolute Gasteiger partial charge is 0.432 e. The smallest absolute Gasteiger partial charge is 0.336 e. The maximum Gasteiger partial charge on any atom is 0.336 e. The predicted molar refractivity (Wildman–Crippen MR) is 96.7 cm³/mol. The molecule has 4 nitrogen and oxygen atoms in total. The summed E-state index contributed by atoms with van der Waals surface area (Å²) in [4.78, 5) is 12.0. The molecule has 0 aromatic heterocycles. The monoisotopic (exact) mass is 348 g/mol. The number of methoxy groups -OCH3 is 1. The van der Waals surface area contributed by atoms with Crippen molar-refractivity contribution >= 4 is 5.97 Å². The molecule has 0 radical (unpaired) electrons. The number of rotatable bonds is 3. The number of allylic oxidation sites excluding steroid dienone is 1. The van der Waals surface area contributed by atoms with E-state index in [9.17, 15) is 9.90 Å². The van der Waals surface area contributed by atoms with Gasteiger partial charge in [-0.15, -0.1) is 0 Å². The minimum atomic E-state index is -0.452. The Morgan fingerprint density at radius 3 is 2.68 bits per heavy atom. The minimum Gasteiger partial charge on any atom is -0.432 e. The van der Waals surface area contributed by atoms with Gasteiger partial charge in [0.2, 0.25) is 6.29 Å². The van der Waals surface area contributed by atoms with Crippen molar-refractivity contribution in [2.24, 2.45) is 22.7 Å². The highest BCUT2D eigenvalue weighted by atomic mass is 16.7. The van der Waals surface area contributed by atoms with Crippen LogP contribution in [0.5, 0.6) is 0 Å². The summed E-state index contributed by atoms with van der Waals surface area (Å²) in [6.07, 6.45) is 6.68. The zero-order valence-electron chi connectivity index (χ0n) is 16.0. The molecule has 0 spiro atoms. The van der Waals surface area contributed by atoms with Crippen LogP contribution in [0.1, 0.15) is 59.3 Å². The summed E-state index contributed by atoms with van der Waals surface area (Å²) in [5, 5.41) is 10.8. The molecule has 25 heavy (non-hydrogen) atoms. The molecular formula is C21H32O4. The van der Waals surface area contributed by atoms with Gasteiger partial charge in [-0.3, -0.25) is 0 Å². The van der Waals surface area contributed by atoms with Crippen molar-refractivity contribution in [2.75, 3.05) is 7.11 Å². The van der Waals surface area contributed by atoms with Crippen molar-refractivity contribution in [1.29, 1.82) is 0 Å². The number of cyclic esters (lactones) is 1. The van der Waals surface area contributed by atoms with Gasteiger partial charge in [-0.25, -0.2) is 4.79 Å². The molecule has 0 aromatic carbocycles. The molecule has 1 unspecified atom stereocenters. The number of aliphatic hydroxyl groups is 1. The van der Waals surface area contributed by atoms with Gasteiger partial charge in [0.25, 0.3) is 0 Å². The van der Waals surface area contributed by atoms with Crippen LogP contribution in [0.4, 0.5) is 0 Å². The molecule has 3 rings (SSSR count). The topological polar surface area (TPSA) is 55.8 Å². The van der Waals surface area contributed by atoms with Gasteiger partial charge >= 0.3 is 5.97 Å². The highest BCUT2D eigenvalue weighted by Gasteiger charge is 2.56. The Morgan fingerprint density at radius 2 is 2.04 bits per heavy atom. The highest BCUT2D eigenvalue weighted by Crippen LogP contribution is 2.61. The standard InChI is InChI=1S/C21H32O4/c1-13-11-16(22)18-20(2,3)9-6-10-21(18,4)15(13)8-7-14-12-17(24-5)25-19(14)23/h7,15-18,22H,1,6,8-12H2,2-5H3/b14-7-/t15-,16+,17?,18-,21+/m0/s1. The summed E-state index contributed by atoms with van der Waals surface area (Å²) in [6.45, 7) is 11.2. The van der Waals surface area contributed by atoms with Crippen LogP contribution in [-0.4, -0.2) is 30.6 Å². The Bertz CT molecular complexity index is 591. The molecule has 2 saturated carbocycles. The van der Waals surface area contributed by atoms with Crippen LogP contribution in [0.25, 0.3) is 0 Å². The molecule has 1 saturated heterocycles. The van der Waals surface area contributed by atoms with Crippen molar-refractivity contribution < 1.29 is 19.4 Å². The SMILES string of the molecule is C=C1C[C@@H](O)[C@H]2C(C)(C)CCC[C@]2(C)[C@H]1C/C=C1/CC(OC)OC1=O. The first-order valence-corrected chi connectivity index (χ1v) is 9.47. The highest BCUT2D eigenvalue weighted by molar-refractivity contribution is 5.90. The molecule has 0 bridgehead atoms. The van der Waals surface area contributed by atoms with Crippen molar-refractivity contribution in [3.63, 3.8) is 0 Å². The molecule has 0 aromatic rings. The van der Waals surface area contributed by atoms with E-state index in [-0.39, 0.29) is 28.8 Å². The van der Waals surface area contributed by atoms with Crippen LogP contribution in [0, 0.1) is 22.7 Å². The van der Waals surface area contributed by atoms with Crippen molar-refractivity contribution in [3.05, 3.63) is 23.8 Å². The van der Waals surface area contributed by atoms with Crippen LogP contribution >= 0.6 is 0 Å². The molecule has 1 aliphatic heterocycles. The lowest BCUT2D eigenvalue weighted by Crippen LogP contribution is -2.55. The zero-order chi connectivity index (χ0) is 18.4. The van der Waals surface area contributed by atoms with Gasteiger partial charge < -0.3 is 14.6 Å². The van der Waals surface area contributed by atoms with Gasteiger partial charge in [0.1, 0.15) is 0 Å². The lowest BCUT2D eigenvalue weighted by molar-refractivity contribution is -0.156. The first-order chi connectivity index (χ1) is 11.7. The number of aliphatic hydroxyl groups excluding tert-OH is 1. The van der Waals surface area contributed by atoms with E-state index in [1.54, 1.807) is 7.11 Å². The molecule has 4 heteroatoms. The van der Waals surface area contributed by atoms with Crippen LogP contribution < -0.4 is 0 Å². The fourth-order valence-electron chi connectivity index (χ4n) is 5.97. The second-order valence-electron chi connectivity index (χ2n) is 9.05. The number of hydrogen-bond acceptors (Lipinski definition) is 4. The lowest BCUT2D eigenvalue weighted by atomic mass is 9.46. The molecule has 3 fully saturated rings. The summed E-state index contributed by atoms with van der Waals surface area (Å²) in [6, 6.07) is 0. The number of carbonyl (C=O) groups excluding carboxylic acids is 1. The van der Waals surface area contributed by atoms with Gasteiger partial charge in [-0.2, -0.15) is 0 Å². The maximum atomic E-state index is 12.0. The fraction of sp³-hybridized carbons (Fsp3) is 0.762. The zero-order valence-corrected chi connectivity index (χ0v) is 16.0. The molecule has 140 valence electrons. The molecule has 5 atom stereocenters. The third-order valence-corrected chi connectivity index (χ3v) is 6.98. The molecule has 2 aliphatic carbocycles. The van der Waals surface area contributed by atoms with Crippen molar-refractivity contribution in [1.82, 2.24) is 0 Å². The summed E-state index contributed by atoms with van der Waals surface area (Å²) < 4.78 is 10.3. The average Bonchev–Trinajstić information content (AvgIpc) is 2.85. The Hall–Kier alpha value is -1.13. The lowest BCUT2D eigenvalue weighted by Gasteiger charge is -2.59. The number of hydrogen-bond donors (Lipinski definition) is 1. The van der Waals surface area contributed by atoms with Crippen molar-refractivity contribution in [3.8, 4) is 0 Å². The van der Waals surface area contributed by atoms with E-state index in [4.69, 9.17) is 9.47 Å². The first kappa shape index (κ1) is 18.7. The Morgan fingerprint density at radius 1 is 1.32 bits per heavy atom. The third-order valence-electron chi connectivity index (χ3n) is 6.98. The molecular weight excluding hydrogens is 316 g/mol. The van der Waals surface area contributed by atoms with E-state index in [1.807, 2.05) is 6.08 Å². The second-order valence-corrected chi connectivity index (χ2v) is 9.05. The third kappa shape index (κ3) is 3.19. The van der Waals surface area contributed by atoms with E-state index < -0.39 is 6.29 Å². The molecule has 1 N–H and O–H groups in total. The quantitative estimate of drug-likeness (QED) is 0.476. The van der Waals surface area contributed by atoms with E-state index in [0.717, 1.165) is 24.8 Å². The number of esters is 1. The van der Waals surface area contributed by atoms with Crippen LogP contribution in [0.2, 0.25) is 0 Å². The van der Waals surface area contributed by atoms with Crippen molar-refractivity contribution in [2.45, 2.75) is 71.7 Å². The maximum absolute atomic E-state index is 12.0. The normalized spacial score (nSPS) is 42.4. The Labute approximate surface area is 151 Å². The summed E-state index contributed by atoms with van der Waals surface area (Å²) in [5.74, 6) is 0.297. The second kappa shape index (κ2) is 6.55.